The Hall–Kier alpha value is -0.0900. The fourth-order valence-corrected chi connectivity index (χ4v) is 1.68. The summed E-state index contributed by atoms with van der Waals surface area (Å²) in [5.41, 5.74) is 5.94. The Bertz CT molecular complexity index is 244. The topological polar surface area (TPSA) is 60.2 Å². The normalized spacial score (nSPS) is 15.8. The van der Waals surface area contributed by atoms with Gasteiger partial charge in [-0.1, -0.05) is 20.8 Å². The molecule has 0 fully saturated rings. The number of nitrogens with two attached hydrogens (primary N) is 1. The van der Waals surface area contributed by atoms with Crippen LogP contribution < -0.4 is 5.73 Å². The van der Waals surface area contributed by atoms with E-state index in [1.807, 2.05) is 0 Å². The highest BCUT2D eigenvalue weighted by molar-refractivity contribution is 7.90. The molecule has 0 saturated heterocycles. The molecular weight excluding hydrogens is 186 g/mol. The number of sulfone groups is 1. The Kier molecular flexibility index (Phi) is 4.39. The van der Waals surface area contributed by atoms with E-state index in [1.54, 1.807) is 0 Å². The fraction of sp³-hybridized carbons (Fsp3) is 1.00. The van der Waals surface area contributed by atoms with Crippen molar-refractivity contribution in [2.75, 3.05) is 12.0 Å². The molecule has 0 aromatic rings. The van der Waals surface area contributed by atoms with Crippen molar-refractivity contribution in [3.05, 3.63) is 0 Å². The lowest BCUT2D eigenvalue weighted by Crippen LogP contribution is -2.38. The molecule has 0 aliphatic heterocycles. The van der Waals surface area contributed by atoms with Gasteiger partial charge in [-0.2, -0.15) is 0 Å². The monoisotopic (exact) mass is 207 g/mol. The average molecular weight is 207 g/mol. The summed E-state index contributed by atoms with van der Waals surface area (Å²) in [6, 6.07) is -0.0350. The highest BCUT2D eigenvalue weighted by Crippen LogP contribution is 2.25. The van der Waals surface area contributed by atoms with Crippen LogP contribution in [0.5, 0.6) is 0 Å². The fourth-order valence-electron chi connectivity index (χ4n) is 0.994. The highest BCUT2D eigenvalue weighted by Gasteiger charge is 2.24. The van der Waals surface area contributed by atoms with Crippen LogP contribution in [0.4, 0.5) is 0 Å². The van der Waals surface area contributed by atoms with E-state index in [4.69, 9.17) is 5.73 Å². The van der Waals surface area contributed by atoms with Gasteiger partial charge in [0.15, 0.2) is 0 Å². The zero-order valence-corrected chi connectivity index (χ0v) is 9.82. The molecule has 0 spiro atoms. The first kappa shape index (κ1) is 12.9. The smallest absolute Gasteiger partial charge is 0.147 e. The molecule has 0 saturated carbocycles. The van der Waals surface area contributed by atoms with Crippen molar-refractivity contribution in [1.82, 2.24) is 0 Å². The van der Waals surface area contributed by atoms with E-state index in [9.17, 15) is 8.42 Å². The van der Waals surface area contributed by atoms with Gasteiger partial charge < -0.3 is 5.73 Å². The summed E-state index contributed by atoms with van der Waals surface area (Å²) in [4.78, 5) is 0. The molecule has 80 valence electrons. The second kappa shape index (κ2) is 4.42. The van der Waals surface area contributed by atoms with E-state index < -0.39 is 9.84 Å². The van der Waals surface area contributed by atoms with Crippen molar-refractivity contribution in [1.29, 1.82) is 0 Å². The second-order valence-corrected chi connectivity index (χ2v) is 6.63. The summed E-state index contributed by atoms with van der Waals surface area (Å²) in [7, 11) is -2.87. The van der Waals surface area contributed by atoms with Gasteiger partial charge in [-0.25, -0.2) is 8.42 Å². The first-order valence-corrected chi connectivity index (χ1v) is 6.68. The summed E-state index contributed by atoms with van der Waals surface area (Å²) >= 11 is 0. The van der Waals surface area contributed by atoms with Crippen LogP contribution in [0.1, 0.15) is 33.6 Å². The Morgan fingerprint density at radius 1 is 1.38 bits per heavy atom. The van der Waals surface area contributed by atoms with Gasteiger partial charge >= 0.3 is 0 Å². The minimum atomic E-state index is -2.87. The molecule has 0 bridgehead atoms. The highest BCUT2D eigenvalue weighted by atomic mass is 32.2. The van der Waals surface area contributed by atoms with Gasteiger partial charge in [0, 0.05) is 12.3 Å². The van der Waals surface area contributed by atoms with E-state index in [1.165, 1.54) is 6.26 Å². The summed E-state index contributed by atoms with van der Waals surface area (Å²) in [6.45, 7) is 6.21. The number of hydrogen-bond acceptors (Lipinski definition) is 3. The Balaban J connectivity index is 4.10. The third-order valence-corrected chi connectivity index (χ3v) is 3.69. The lowest BCUT2D eigenvalue weighted by Gasteiger charge is -2.30. The van der Waals surface area contributed by atoms with Crippen LogP contribution in [0.25, 0.3) is 0 Å². The Morgan fingerprint density at radius 2 is 1.85 bits per heavy atom. The summed E-state index contributed by atoms with van der Waals surface area (Å²) in [6.07, 6.45) is 2.77. The molecule has 0 heterocycles. The summed E-state index contributed by atoms with van der Waals surface area (Å²) in [5, 5.41) is 0. The van der Waals surface area contributed by atoms with Gasteiger partial charge in [0.05, 0.1) is 5.75 Å². The van der Waals surface area contributed by atoms with E-state index in [2.05, 4.69) is 20.8 Å². The average Bonchev–Trinajstić information content (AvgIpc) is 1.98. The lowest BCUT2D eigenvalue weighted by molar-refractivity contribution is 0.269. The molecule has 3 nitrogen and oxygen atoms in total. The minimum absolute atomic E-state index is 0.0324. The second-order valence-electron chi connectivity index (χ2n) is 4.37. The molecule has 4 heteroatoms. The molecule has 2 N–H and O–H groups in total. The van der Waals surface area contributed by atoms with Crippen molar-refractivity contribution >= 4 is 9.84 Å². The zero-order chi connectivity index (χ0) is 10.7. The van der Waals surface area contributed by atoms with E-state index in [-0.39, 0.29) is 17.2 Å². The Morgan fingerprint density at radius 3 is 2.15 bits per heavy atom. The molecule has 1 unspecified atom stereocenters. The molecule has 0 aliphatic carbocycles. The van der Waals surface area contributed by atoms with E-state index in [0.29, 0.717) is 6.42 Å². The van der Waals surface area contributed by atoms with Crippen LogP contribution in [0.3, 0.4) is 0 Å². The van der Waals surface area contributed by atoms with Gasteiger partial charge in [-0.3, -0.25) is 0 Å². The molecule has 0 radical (unpaired) electrons. The molecule has 1 atom stereocenters. The van der Waals surface area contributed by atoms with Crippen LogP contribution in [0.2, 0.25) is 0 Å². The third-order valence-electron chi connectivity index (χ3n) is 2.71. The van der Waals surface area contributed by atoms with Crippen LogP contribution >= 0.6 is 0 Å². The predicted molar refractivity (Wildman–Crippen MR) is 56.4 cm³/mol. The first-order chi connectivity index (χ1) is 5.69. The summed E-state index contributed by atoms with van der Waals surface area (Å²) in [5.74, 6) is 0.192. The van der Waals surface area contributed by atoms with Crippen LogP contribution in [-0.4, -0.2) is 26.5 Å². The first-order valence-electron chi connectivity index (χ1n) is 4.62. The maximum Gasteiger partial charge on any atom is 0.147 e. The van der Waals surface area contributed by atoms with Gasteiger partial charge in [0.1, 0.15) is 9.84 Å². The third kappa shape index (κ3) is 5.26. The number of hydrogen-bond donors (Lipinski definition) is 1. The molecule has 0 amide bonds. The minimum Gasteiger partial charge on any atom is -0.327 e. The van der Waals surface area contributed by atoms with Gasteiger partial charge in [-0.15, -0.1) is 0 Å². The standard InChI is InChI=1S/C9H21NO2S/c1-5-9(2,3)8(10)6-7-13(4,11)12/h8H,5-7,10H2,1-4H3. The van der Waals surface area contributed by atoms with Crippen molar-refractivity contribution in [2.45, 2.75) is 39.7 Å². The van der Waals surface area contributed by atoms with E-state index in [0.717, 1.165) is 6.42 Å². The molecule has 0 aromatic heterocycles. The van der Waals surface area contributed by atoms with Gasteiger partial charge in [-0.05, 0) is 18.3 Å². The van der Waals surface area contributed by atoms with E-state index >= 15 is 0 Å². The molecule has 0 aromatic carbocycles. The van der Waals surface area contributed by atoms with Crippen molar-refractivity contribution < 1.29 is 8.42 Å². The molecule has 13 heavy (non-hydrogen) atoms. The molecule has 0 aliphatic rings. The molecule has 0 rings (SSSR count). The van der Waals surface area contributed by atoms with Gasteiger partial charge in [0.25, 0.3) is 0 Å². The zero-order valence-electron chi connectivity index (χ0n) is 9.00. The molecular formula is C9H21NO2S. The number of rotatable bonds is 5. The lowest BCUT2D eigenvalue weighted by atomic mass is 9.81. The van der Waals surface area contributed by atoms with Crippen molar-refractivity contribution in [3.8, 4) is 0 Å². The van der Waals surface area contributed by atoms with Crippen LogP contribution in [0, 0.1) is 5.41 Å². The quantitative estimate of drug-likeness (QED) is 0.736. The Labute approximate surface area is 81.6 Å². The maximum atomic E-state index is 10.9. The predicted octanol–water partition coefficient (Wildman–Crippen LogP) is 1.18. The van der Waals surface area contributed by atoms with Gasteiger partial charge in [0.2, 0.25) is 0 Å². The van der Waals surface area contributed by atoms with Crippen LogP contribution in [-0.2, 0) is 9.84 Å². The SMILES string of the molecule is CCC(C)(C)C(N)CCS(C)(=O)=O. The maximum absolute atomic E-state index is 10.9. The van der Waals surface area contributed by atoms with Crippen molar-refractivity contribution in [3.63, 3.8) is 0 Å². The largest absolute Gasteiger partial charge is 0.327 e. The van der Waals surface area contributed by atoms with Crippen molar-refractivity contribution in [2.24, 2.45) is 11.1 Å². The summed E-state index contributed by atoms with van der Waals surface area (Å²) < 4.78 is 21.8. The van der Waals surface area contributed by atoms with Crippen LogP contribution in [0.15, 0.2) is 0 Å².